The lowest BCUT2D eigenvalue weighted by Crippen LogP contribution is -2.32. The first kappa shape index (κ1) is 12.0. The Morgan fingerprint density at radius 1 is 1.25 bits per heavy atom. The lowest BCUT2D eigenvalue weighted by molar-refractivity contribution is -0.121. The molecule has 4 heteroatoms. The Bertz CT molecular complexity index is 638. The fraction of sp³-hybridized carbons (Fsp3) is 0.438. The minimum absolute atomic E-state index is 0.190. The van der Waals surface area contributed by atoms with Crippen LogP contribution < -0.4 is 10.6 Å². The van der Waals surface area contributed by atoms with Crippen LogP contribution in [0.1, 0.15) is 12.0 Å². The van der Waals surface area contributed by atoms with Crippen LogP contribution in [0.25, 0.3) is 10.9 Å². The van der Waals surface area contributed by atoms with E-state index in [4.69, 9.17) is 0 Å². The third kappa shape index (κ3) is 2.00. The van der Waals surface area contributed by atoms with Crippen molar-refractivity contribution >= 4 is 16.8 Å². The molecule has 2 atom stereocenters. The van der Waals surface area contributed by atoms with Crippen molar-refractivity contribution in [1.29, 1.82) is 0 Å². The smallest absolute Gasteiger partial charge is 0.220 e. The number of hydrogen-bond donors (Lipinski definition) is 3. The number of aromatic amines is 1. The predicted octanol–water partition coefficient (Wildman–Crippen LogP) is 1.43. The topological polar surface area (TPSA) is 56.9 Å². The standard InChI is InChI=1S/C16H19N3O/c20-15(19-16-12-8-17-9-13(12)16)6-5-10-7-18-14-4-2-1-3-11(10)14/h1-4,7,12-13,16-18H,5-6,8-9H2,(H,19,20). The van der Waals surface area contributed by atoms with E-state index in [-0.39, 0.29) is 5.91 Å². The fourth-order valence-corrected chi connectivity index (χ4v) is 3.48. The first-order chi connectivity index (χ1) is 9.83. The molecule has 0 spiro atoms. The van der Waals surface area contributed by atoms with E-state index in [1.165, 1.54) is 10.9 Å². The van der Waals surface area contributed by atoms with Gasteiger partial charge in [-0.3, -0.25) is 4.79 Å². The summed E-state index contributed by atoms with van der Waals surface area (Å²) in [4.78, 5) is 15.3. The molecule has 0 bridgehead atoms. The van der Waals surface area contributed by atoms with Crippen LogP contribution >= 0.6 is 0 Å². The molecule has 4 nitrogen and oxygen atoms in total. The number of carbonyl (C=O) groups excluding carboxylic acids is 1. The molecular formula is C16H19N3O. The summed E-state index contributed by atoms with van der Waals surface area (Å²) in [6.45, 7) is 2.14. The second kappa shape index (κ2) is 4.63. The van der Waals surface area contributed by atoms with Crippen LogP contribution in [0.2, 0.25) is 0 Å². The van der Waals surface area contributed by atoms with E-state index in [0.29, 0.717) is 24.3 Å². The molecule has 2 fully saturated rings. The summed E-state index contributed by atoms with van der Waals surface area (Å²) in [6.07, 6.45) is 3.40. The Labute approximate surface area is 117 Å². The van der Waals surface area contributed by atoms with Gasteiger partial charge in [-0.2, -0.15) is 0 Å². The van der Waals surface area contributed by atoms with Gasteiger partial charge >= 0.3 is 0 Å². The molecule has 1 saturated carbocycles. The normalized spacial score (nSPS) is 27.5. The van der Waals surface area contributed by atoms with E-state index in [1.807, 2.05) is 18.3 Å². The second-order valence-corrected chi connectivity index (χ2v) is 5.94. The highest BCUT2D eigenvalue weighted by molar-refractivity contribution is 5.84. The number of rotatable bonds is 4. The second-order valence-electron chi connectivity index (χ2n) is 5.94. The molecule has 2 aromatic rings. The maximum atomic E-state index is 12.0. The zero-order chi connectivity index (χ0) is 13.5. The van der Waals surface area contributed by atoms with Crippen molar-refractivity contribution in [3.8, 4) is 0 Å². The van der Waals surface area contributed by atoms with Crippen molar-refractivity contribution in [3.05, 3.63) is 36.0 Å². The van der Waals surface area contributed by atoms with Crippen LogP contribution in [0, 0.1) is 11.8 Å². The van der Waals surface area contributed by atoms with Crippen molar-refractivity contribution in [1.82, 2.24) is 15.6 Å². The third-order valence-electron chi connectivity index (χ3n) is 4.72. The number of amides is 1. The zero-order valence-electron chi connectivity index (χ0n) is 11.4. The molecule has 0 radical (unpaired) electrons. The number of para-hydroxylation sites is 1. The first-order valence-electron chi connectivity index (χ1n) is 7.38. The molecule has 1 saturated heterocycles. The van der Waals surface area contributed by atoms with Gasteiger partial charge in [0.1, 0.15) is 0 Å². The number of hydrogen-bond acceptors (Lipinski definition) is 2. The van der Waals surface area contributed by atoms with E-state index in [2.05, 4.69) is 27.8 Å². The van der Waals surface area contributed by atoms with Crippen molar-refractivity contribution in [3.63, 3.8) is 0 Å². The summed E-state index contributed by atoms with van der Waals surface area (Å²) in [5.74, 6) is 1.56. The Morgan fingerprint density at radius 3 is 2.90 bits per heavy atom. The molecule has 20 heavy (non-hydrogen) atoms. The first-order valence-corrected chi connectivity index (χ1v) is 7.38. The number of aryl methyl sites for hydroxylation is 1. The van der Waals surface area contributed by atoms with Crippen LogP contribution in [0.4, 0.5) is 0 Å². The molecule has 2 heterocycles. The van der Waals surface area contributed by atoms with E-state index in [9.17, 15) is 4.79 Å². The number of H-pyrrole nitrogens is 1. The highest BCUT2D eigenvalue weighted by Crippen LogP contribution is 2.41. The highest BCUT2D eigenvalue weighted by Gasteiger charge is 2.53. The molecule has 2 unspecified atom stereocenters. The molecule has 104 valence electrons. The Morgan fingerprint density at radius 2 is 2.05 bits per heavy atom. The van der Waals surface area contributed by atoms with Gasteiger partial charge in [-0.25, -0.2) is 0 Å². The predicted molar refractivity (Wildman–Crippen MR) is 78.4 cm³/mol. The molecule has 3 N–H and O–H groups in total. The molecule has 1 aromatic heterocycles. The maximum absolute atomic E-state index is 12.0. The highest BCUT2D eigenvalue weighted by atomic mass is 16.1. The lowest BCUT2D eigenvalue weighted by atomic mass is 10.1. The van der Waals surface area contributed by atoms with Gasteiger partial charge < -0.3 is 15.6 Å². The van der Waals surface area contributed by atoms with Crippen LogP contribution in [0.5, 0.6) is 0 Å². The molecule has 1 aliphatic carbocycles. The number of aromatic nitrogens is 1. The van der Waals surface area contributed by atoms with Gasteiger partial charge in [-0.15, -0.1) is 0 Å². The lowest BCUT2D eigenvalue weighted by Gasteiger charge is -2.07. The molecule has 1 aliphatic heterocycles. The van der Waals surface area contributed by atoms with Crippen molar-refractivity contribution in [2.24, 2.45) is 11.8 Å². The minimum atomic E-state index is 0.190. The largest absolute Gasteiger partial charge is 0.361 e. The van der Waals surface area contributed by atoms with E-state index >= 15 is 0 Å². The van der Waals surface area contributed by atoms with Gasteiger partial charge in [0, 0.05) is 42.7 Å². The van der Waals surface area contributed by atoms with Gasteiger partial charge in [0.05, 0.1) is 0 Å². The number of nitrogens with one attached hydrogen (secondary N) is 3. The number of carbonyl (C=O) groups is 1. The van der Waals surface area contributed by atoms with Crippen LogP contribution in [-0.4, -0.2) is 30.0 Å². The van der Waals surface area contributed by atoms with Gasteiger partial charge in [0.2, 0.25) is 5.91 Å². The summed E-state index contributed by atoms with van der Waals surface area (Å²) < 4.78 is 0. The summed E-state index contributed by atoms with van der Waals surface area (Å²) in [5, 5.41) is 7.75. The molecule has 1 aromatic carbocycles. The average molecular weight is 269 g/mol. The quantitative estimate of drug-likeness (QED) is 0.786. The summed E-state index contributed by atoms with van der Waals surface area (Å²) in [5.41, 5.74) is 2.37. The Kier molecular flexibility index (Phi) is 2.77. The number of benzene rings is 1. The fourth-order valence-electron chi connectivity index (χ4n) is 3.48. The van der Waals surface area contributed by atoms with E-state index < -0.39 is 0 Å². The molecule has 1 amide bonds. The molecular weight excluding hydrogens is 250 g/mol. The summed E-state index contributed by atoms with van der Waals surface area (Å²) in [7, 11) is 0. The molecule has 4 rings (SSSR count). The number of fused-ring (bicyclic) bond motifs is 2. The van der Waals surface area contributed by atoms with Gasteiger partial charge in [0.15, 0.2) is 0 Å². The Hall–Kier alpha value is -1.81. The maximum Gasteiger partial charge on any atom is 0.220 e. The van der Waals surface area contributed by atoms with Gasteiger partial charge in [-0.05, 0) is 29.9 Å². The van der Waals surface area contributed by atoms with Crippen molar-refractivity contribution < 1.29 is 4.79 Å². The van der Waals surface area contributed by atoms with Crippen LogP contribution in [-0.2, 0) is 11.2 Å². The Balaban J connectivity index is 1.35. The van der Waals surface area contributed by atoms with Gasteiger partial charge in [-0.1, -0.05) is 18.2 Å². The third-order valence-corrected chi connectivity index (χ3v) is 4.72. The van der Waals surface area contributed by atoms with Crippen molar-refractivity contribution in [2.75, 3.05) is 13.1 Å². The van der Waals surface area contributed by atoms with Crippen LogP contribution in [0.15, 0.2) is 30.5 Å². The zero-order valence-corrected chi connectivity index (χ0v) is 11.4. The monoisotopic (exact) mass is 269 g/mol. The van der Waals surface area contributed by atoms with E-state index in [1.54, 1.807) is 0 Å². The van der Waals surface area contributed by atoms with Crippen molar-refractivity contribution in [2.45, 2.75) is 18.9 Å². The minimum Gasteiger partial charge on any atom is -0.361 e. The van der Waals surface area contributed by atoms with E-state index in [0.717, 1.165) is 25.0 Å². The van der Waals surface area contributed by atoms with Crippen LogP contribution in [0.3, 0.4) is 0 Å². The summed E-state index contributed by atoms with van der Waals surface area (Å²) >= 11 is 0. The number of piperidine rings is 1. The SMILES string of the molecule is O=C(CCc1c[nH]c2ccccc12)NC1C2CNCC21. The average Bonchev–Trinajstić information content (AvgIpc) is 2.89. The van der Waals surface area contributed by atoms with Gasteiger partial charge in [0.25, 0.3) is 0 Å². The summed E-state index contributed by atoms with van der Waals surface area (Å²) in [6, 6.07) is 8.67. The molecule has 2 aliphatic rings.